The fraction of sp³-hybridized carbons (Fsp3) is 0.200. The van der Waals surface area contributed by atoms with E-state index in [0.717, 1.165) is 16.3 Å². The molecule has 0 spiro atoms. The molecular formula is C20H19N5O2. The highest BCUT2D eigenvalue weighted by molar-refractivity contribution is 5.91. The maximum Gasteiger partial charge on any atom is 0.322 e. The van der Waals surface area contributed by atoms with Crippen molar-refractivity contribution in [1.29, 1.82) is 0 Å². The highest BCUT2D eigenvalue weighted by Gasteiger charge is 2.14. The van der Waals surface area contributed by atoms with E-state index >= 15 is 0 Å². The number of nitrogens with zero attached hydrogens (tertiary/aromatic N) is 4. The minimum Gasteiger partial charge on any atom is -0.401 e. The summed E-state index contributed by atoms with van der Waals surface area (Å²) in [6.07, 6.45) is 2.08. The smallest absolute Gasteiger partial charge is 0.322 e. The van der Waals surface area contributed by atoms with Gasteiger partial charge in [0.1, 0.15) is 5.69 Å². The van der Waals surface area contributed by atoms with Crippen LogP contribution in [0.25, 0.3) is 22.4 Å². The SMILES string of the molecule is CC(C)n1ccc(-c2nnc(NC(=O)Cc3ccc4ccccc4c3)o2)n1. The van der Waals surface area contributed by atoms with Crippen LogP contribution in [0.15, 0.2) is 59.1 Å². The Kier molecular flexibility index (Phi) is 4.42. The molecule has 0 saturated heterocycles. The molecule has 4 rings (SSSR count). The first kappa shape index (κ1) is 17.0. The number of benzene rings is 2. The van der Waals surface area contributed by atoms with E-state index in [1.165, 1.54) is 0 Å². The van der Waals surface area contributed by atoms with Gasteiger partial charge in [0.25, 0.3) is 5.89 Å². The van der Waals surface area contributed by atoms with E-state index in [-0.39, 0.29) is 30.3 Å². The third kappa shape index (κ3) is 3.72. The third-order valence-electron chi connectivity index (χ3n) is 4.21. The van der Waals surface area contributed by atoms with Crippen LogP contribution in [0.1, 0.15) is 25.5 Å². The Morgan fingerprint density at radius 1 is 1.11 bits per heavy atom. The van der Waals surface area contributed by atoms with Gasteiger partial charge in [-0.1, -0.05) is 47.6 Å². The molecule has 136 valence electrons. The number of carbonyl (C=O) groups excluding carboxylic acids is 1. The average molecular weight is 361 g/mol. The van der Waals surface area contributed by atoms with Crippen molar-refractivity contribution in [2.75, 3.05) is 5.32 Å². The highest BCUT2D eigenvalue weighted by atomic mass is 16.4. The summed E-state index contributed by atoms with van der Waals surface area (Å²) >= 11 is 0. The van der Waals surface area contributed by atoms with Crippen molar-refractivity contribution in [1.82, 2.24) is 20.0 Å². The van der Waals surface area contributed by atoms with E-state index in [1.807, 2.05) is 62.5 Å². The molecule has 0 unspecified atom stereocenters. The highest BCUT2D eigenvalue weighted by Crippen LogP contribution is 2.20. The zero-order valence-electron chi connectivity index (χ0n) is 15.1. The largest absolute Gasteiger partial charge is 0.401 e. The number of amides is 1. The zero-order valence-corrected chi connectivity index (χ0v) is 15.1. The summed E-state index contributed by atoms with van der Waals surface area (Å²) in [5.74, 6) is 0.0589. The third-order valence-corrected chi connectivity index (χ3v) is 4.21. The molecule has 0 aliphatic carbocycles. The first-order valence-electron chi connectivity index (χ1n) is 8.75. The minimum atomic E-state index is -0.215. The number of fused-ring (bicyclic) bond motifs is 1. The molecule has 2 aromatic heterocycles. The molecular weight excluding hydrogens is 342 g/mol. The molecule has 0 aliphatic rings. The molecule has 0 aliphatic heterocycles. The minimum absolute atomic E-state index is 0.0647. The molecule has 2 aromatic carbocycles. The van der Waals surface area contributed by atoms with Gasteiger partial charge in [-0.2, -0.15) is 5.10 Å². The van der Waals surface area contributed by atoms with Gasteiger partial charge in [0.2, 0.25) is 5.91 Å². The quantitative estimate of drug-likeness (QED) is 0.583. The van der Waals surface area contributed by atoms with E-state index in [1.54, 1.807) is 10.7 Å². The summed E-state index contributed by atoms with van der Waals surface area (Å²) in [4.78, 5) is 12.3. The number of aromatic nitrogens is 4. The van der Waals surface area contributed by atoms with Gasteiger partial charge in [-0.3, -0.25) is 14.8 Å². The summed E-state index contributed by atoms with van der Waals surface area (Å²) in [6, 6.07) is 16.1. The second kappa shape index (κ2) is 7.03. The van der Waals surface area contributed by atoms with Crippen molar-refractivity contribution >= 4 is 22.7 Å². The van der Waals surface area contributed by atoms with Gasteiger partial charge in [-0.25, -0.2) is 0 Å². The monoisotopic (exact) mass is 361 g/mol. The average Bonchev–Trinajstić information content (AvgIpc) is 3.31. The summed E-state index contributed by atoms with van der Waals surface area (Å²) in [7, 11) is 0. The van der Waals surface area contributed by atoms with Crippen molar-refractivity contribution in [3.8, 4) is 11.6 Å². The predicted molar refractivity (Wildman–Crippen MR) is 102 cm³/mol. The molecule has 1 amide bonds. The van der Waals surface area contributed by atoms with Crippen LogP contribution in [-0.4, -0.2) is 25.9 Å². The van der Waals surface area contributed by atoms with Crippen LogP contribution in [0, 0.1) is 0 Å². The summed E-state index contributed by atoms with van der Waals surface area (Å²) in [5, 5.41) is 17.1. The van der Waals surface area contributed by atoms with Gasteiger partial charge in [0.05, 0.1) is 6.42 Å². The fourth-order valence-electron chi connectivity index (χ4n) is 2.81. The second-order valence-electron chi connectivity index (χ2n) is 6.59. The molecule has 0 bridgehead atoms. The topological polar surface area (TPSA) is 85.8 Å². The Bertz CT molecular complexity index is 1100. The zero-order chi connectivity index (χ0) is 18.8. The summed E-state index contributed by atoms with van der Waals surface area (Å²) < 4.78 is 7.31. The Hall–Kier alpha value is -3.48. The number of hydrogen-bond donors (Lipinski definition) is 1. The molecule has 0 fully saturated rings. The Labute approximate surface area is 156 Å². The molecule has 0 atom stereocenters. The molecule has 1 N–H and O–H groups in total. The van der Waals surface area contributed by atoms with Gasteiger partial charge >= 0.3 is 6.01 Å². The number of carbonyl (C=O) groups is 1. The van der Waals surface area contributed by atoms with Crippen LogP contribution in [0.3, 0.4) is 0 Å². The van der Waals surface area contributed by atoms with Crippen molar-refractivity contribution < 1.29 is 9.21 Å². The molecule has 27 heavy (non-hydrogen) atoms. The first-order valence-corrected chi connectivity index (χ1v) is 8.75. The van der Waals surface area contributed by atoms with Crippen molar-refractivity contribution in [2.24, 2.45) is 0 Å². The van der Waals surface area contributed by atoms with Crippen LogP contribution >= 0.6 is 0 Å². The van der Waals surface area contributed by atoms with Crippen LogP contribution in [0.5, 0.6) is 0 Å². The van der Waals surface area contributed by atoms with Gasteiger partial charge in [0, 0.05) is 12.2 Å². The lowest BCUT2D eigenvalue weighted by Crippen LogP contribution is -2.14. The Balaban J connectivity index is 1.44. The number of hydrogen-bond acceptors (Lipinski definition) is 5. The predicted octanol–water partition coefficient (Wildman–Crippen LogP) is 3.85. The van der Waals surface area contributed by atoms with Crippen LogP contribution in [0.2, 0.25) is 0 Å². The van der Waals surface area contributed by atoms with Crippen molar-refractivity contribution in [3.05, 3.63) is 60.3 Å². The number of rotatable bonds is 5. The van der Waals surface area contributed by atoms with Gasteiger partial charge in [-0.05, 0) is 36.2 Å². The maximum absolute atomic E-state index is 12.3. The molecule has 4 aromatic rings. The van der Waals surface area contributed by atoms with Crippen LogP contribution in [0.4, 0.5) is 6.01 Å². The lowest BCUT2D eigenvalue weighted by molar-refractivity contribution is -0.115. The van der Waals surface area contributed by atoms with Gasteiger partial charge in [0.15, 0.2) is 0 Å². The van der Waals surface area contributed by atoms with Crippen LogP contribution < -0.4 is 5.32 Å². The first-order chi connectivity index (χ1) is 13.1. The fourth-order valence-corrected chi connectivity index (χ4v) is 2.81. The van der Waals surface area contributed by atoms with Crippen molar-refractivity contribution in [3.63, 3.8) is 0 Å². The van der Waals surface area contributed by atoms with Crippen molar-refractivity contribution in [2.45, 2.75) is 26.3 Å². The standard InChI is InChI=1S/C20H19N5O2/c1-13(2)25-10-9-17(24-25)19-22-23-20(27-19)21-18(26)12-14-7-8-15-5-3-4-6-16(15)11-14/h3-11,13H,12H2,1-2H3,(H,21,23,26). The molecule has 0 radical (unpaired) electrons. The maximum atomic E-state index is 12.3. The van der Waals surface area contributed by atoms with E-state index in [4.69, 9.17) is 4.42 Å². The van der Waals surface area contributed by atoms with Gasteiger partial charge < -0.3 is 4.42 Å². The number of nitrogens with one attached hydrogen (secondary N) is 1. The molecule has 2 heterocycles. The molecule has 7 heteroatoms. The summed E-state index contributed by atoms with van der Waals surface area (Å²) in [5.41, 5.74) is 1.49. The summed E-state index contributed by atoms with van der Waals surface area (Å²) in [6.45, 7) is 4.06. The lowest BCUT2D eigenvalue weighted by atomic mass is 10.1. The molecule has 7 nitrogen and oxygen atoms in total. The van der Waals surface area contributed by atoms with Crippen LogP contribution in [-0.2, 0) is 11.2 Å². The van der Waals surface area contributed by atoms with E-state index in [0.29, 0.717) is 5.69 Å². The van der Waals surface area contributed by atoms with E-state index in [9.17, 15) is 4.79 Å². The molecule has 0 saturated carbocycles. The normalized spacial score (nSPS) is 11.2. The lowest BCUT2D eigenvalue weighted by Gasteiger charge is -2.03. The number of anilines is 1. The second-order valence-corrected chi connectivity index (χ2v) is 6.59. The Morgan fingerprint density at radius 3 is 2.70 bits per heavy atom. The van der Waals surface area contributed by atoms with E-state index in [2.05, 4.69) is 20.6 Å². The Morgan fingerprint density at radius 2 is 1.93 bits per heavy atom. The van der Waals surface area contributed by atoms with E-state index < -0.39 is 0 Å². The van der Waals surface area contributed by atoms with Gasteiger partial charge in [-0.15, -0.1) is 5.10 Å².